The van der Waals surface area contributed by atoms with Crippen molar-refractivity contribution in [3.8, 4) is 5.75 Å². The van der Waals surface area contributed by atoms with Crippen LogP contribution in [0.2, 0.25) is 0 Å². The maximum Gasteiger partial charge on any atom is 0.165 e. The average molecular weight is 198 g/mol. The first-order chi connectivity index (χ1) is 6.50. The molecule has 0 amide bonds. The van der Waals surface area contributed by atoms with Gasteiger partial charge < -0.3 is 9.84 Å². The van der Waals surface area contributed by atoms with E-state index in [9.17, 15) is 9.50 Å². The fourth-order valence-corrected chi connectivity index (χ4v) is 1.000. The molecule has 1 unspecified atom stereocenters. The van der Waals surface area contributed by atoms with E-state index in [0.29, 0.717) is 0 Å². The second-order valence-corrected chi connectivity index (χ2v) is 3.50. The Morgan fingerprint density at radius 1 is 1.36 bits per heavy atom. The smallest absolute Gasteiger partial charge is 0.165 e. The predicted molar refractivity (Wildman–Crippen MR) is 52.9 cm³/mol. The molecule has 0 spiro atoms. The molecular weight excluding hydrogens is 183 g/mol. The monoisotopic (exact) mass is 198 g/mol. The molecule has 1 aromatic carbocycles. The molecule has 2 atom stereocenters. The lowest BCUT2D eigenvalue weighted by molar-refractivity contribution is 0.0578. The highest BCUT2D eigenvalue weighted by molar-refractivity contribution is 5.29. The highest BCUT2D eigenvalue weighted by atomic mass is 19.1. The molecule has 78 valence electrons. The van der Waals surface area contributed by atoms with Gasteiger partial charge in [0, 0.05) is 0 Å². The largest absolute Gasteiger partial charge is 0.485 e. The van der Waals surface area contributed by atoms with Gasteiger partial charge in [-0.05, 0) is 38.5 Å². The van der Waals surface area contributed by atoms with Crippen LogP contribution in [0.25, 0.3) is 0 Å². The van der Waals surface area contributed by atoms with E-state index in [-0.39, 0.29) is 5.75 Å². The first-order valence-electron chi connectivity index (χ1n) is 4.61. The summed E-state index contributed by atoms with van der Waals surface area (Å²) in [5, 5.41) is 9.19. The van der Waals surface area contributed by atoms with Crippen LogP contribution >= 0.6 is 0 Å². The van der Waals surface area contributed by atoms with Gasteiger partial charge in [0.25, 0.3) is 0 Å². The summed E-state index contributed by atoms with van der Waals surface area (Å²) >= 11 is 0. The molecule has 0 radical (unpaired) electrons. The third-order valence-electron chi connectivity index (χ3n) is 2.08. The van der Waals surface area contributed by atoms with Crippen molar-refractivity contribution in [3.05, 3.63) is 29.6 Å². The fraction of sp³-hybridized carbons (Fsp3) is 0.455. The molecule has 1 rings (SSSR count). The van der Waals surface area contributed by atoms with Crippen molar-refractivity contribution in [1.82, 2.24) is 0 Å². The van der Waals surface area contributed by atoms with Crippen LogP contribution in [-0.4, -0.2) is 17.3 Å². The molecule has 1 aromatic rings. The summed E-state index contributed by atoms with van der Waals surface area (Å²) in [6.45, 7) is 5.17. The SMILES string of the molecule is Cc1ccc(F)c(OC(C)[C@@H](C)O)c1. The summed E-state index contributed by atoms with van der Waals surface area (Å²) in [6.07, 6.45) is -1.03. The van der Waals surface area contributed by atoms with Crippen molar-refractivity contribution < 1.29 is 14.2 Å². The highest BCUT2D eigenvalue weighted by Crippen LogP contribution is 2.20. The van der Waals surface area contributed by atoms with Crippen molar-refractivity contribution >= 4 is 0 Å². The second-order valence-electron chi connectivity index (χ2n) is 3.50. The summed E-state index contributed by atoms with van der Waals surface area (Å²) in [6, 6.07) is 4.66. The minimum absolute atomic E-state index is 0.193. The summed E-state index contributed by atoms with van der Waals surface area (Å²) in [5.74, 6) is -0.207. The van der Waals surface area contributed by atoms with E-state index < -0.39 is 18.0 Å². The van der Waals surface area contributed by atoms with E-state index in [4.69, 9.17) is 4.74 Å². The van der Waals surface area contributed by atoms with Gasteiger partial charge in [-0.15, -0.1) is 0 Å². The zero-order valence-electron chi connectivity index (χ0n) is 8.62. The minimum atomic E-state index is -0.616. The topological polar surface area (TPSA) is 29.5 Å². The normalized spacial score (nSPS) is 14.9. The van der Waals surface area contributed by atoms with Crippen LogP contribution in [0.4, 0.5) is 4.39 Å². The van der Waals surface area contributed by atoms with E-state index in [0.717, 1.165) is 5.56 Å². The van der Waals surface area contributed by atoms with E-state index in [2.05, 4.69) is 0 Å². The molecule has 14 heavy (non-hydrogen) atoms. The molecule has 0 saturated carbocycles. The Hall–Kier alpha value is -1.09. The third kappa shape index (κ3) is 2.70. The zero-order valence-corrected chi connectivity index (χ0v) is 8.62. The average Bonchev–Trinajstić information content (AvgIpc) is 2.11. The van der Waals surface area contributed by atoms with Crippen molar-refractivity contribution in [2.24, 2.45) is 0 Å². The molecule has 0 saturated heterocycles. The first-order valence-corrected chi connectivity index (χ1v) is 4.61. The van der Waals surface area contributed by atoms with Crippen molar-refractivity contribution in [2.75, 3.05) is 0 Å². The van der Waals surface area contributed by atoms with Crippen molar-refractivity contribution in [2.45, 2.75) is 33.0 Å². The Kier molecular flexibility index (Phi) is 3.47. The van der Waals surface area contributed by atoms with Crippen LogP contribution in [-0.2, 0) is 0 Å². The molecule has 3 heteroatoms. The number of aryl methyl sites for hydroxylation is 1. The highest BCUT2D eigenvalue weighted by Gasteiger charge is 2.12. The van der Waals surface area contributed by atoms with Gasteiger partial charge in [-0.3, -0.25) is 0 Å². The number of hydrogen-bond donors (Lipinski definition) is 1. The quantitative estimate of drug-likeness (QED) is 0.807. The Morgan fingerprint density at radius 2 is 2.00 bits per heavy atom. The molecule has 2 nitrogen and oxygen atoms in total. The lowest BCUT2D eigenvalue weighted by atomic mass is 10.2. The fourth-order valence-electron chi connectivity index (χ4n) is 1.000. The van der Waals surface area contributed by atoms with E-state index in [1.54, 1.807) is 26.0 Å². The van der Waals surface area contributed by atoms with Gasteiger partial charge >= 0.3 is 0 Å². The van der Waals surface area contributed by atoms with Crippen LogP contribution in [0.15, 0.2) is 18.2 Å². The Morgan fingerprint density at radius 3 is 2.57 bits per heavy atom. The van der Waals surface area contributed by atoms with Crippen molar-refractivity contribution in [1.29, 1.82) is 0 Å². The third-order valence-corrected chi connectivity index (χ3v) is 2.08. The van der Waals surface area contributed by atoms with Crippen LogP contribution < -0.4 is 4.74 Å². The predicted octanol–water partition coefficient (Wildman–Crippen LogP) is 2.28. The number of hydrogen-bond acceptors (Lipinski definition) is 2. The molecule has 0 aliphatic heterocycles. The molecule has 0 bridgehead atoms. The van der Waals surface area contributed by atoms with Crippen LogP contribution in [0.1, 0.15) is 19.4 Å². The lowest BCUT2D eigenvalue weighted by Crippen LogP contribution is -2.25. The number of benzene rings is 1. The molecule has 0 aliphatic carbocycles. The number of rotatable bonds is 3. The van der Waals surface area contributed by atoms with E-state index >= 15 is 0 Å². The molecule has 0 aliphatic rings. The van der Waals surface area contributed by atoms with Crippen molar-refractivity contribution in [3.63, 3.8) is 0 Å². The molecule has 0 heterocycles. The Balaban J connectivity index is 2.80. The van der Waals surface area contributed by atoms with Crippen LogP contribution in [0.5, 0.6) is 5.75 Å². The van der Waals surface area contributed by atoms with Gasteiger partial charge in [-0.1, -0.05) is 6.07 Å². The minimum Gasteiger partial charge on any atom is -0.485 e. The summed E-state index contributed by atoms with van der Waals surface area (Å²) in [4.78, 5) is 0. The number of aliphatic hydroxyl groups is 1. The summed E-state index contributed by atoms with van der Waals surface area (Å²) < 4.78 is 18.4. The first kappa shape index (κ1) is 11.0. The summed E-state index contributed by atoms with van der Waals surface area (Å²) in [7, 11) is 0. The number of ether oxygens (including phenoxy) is 1. The lowest BCUT2D eigenvalue weighted by Gasteiger charge is -2.17. The zero-order chi connectivity index (χ0) is 10.7. The Labute approximate surface area is 83.3 Å². The van der Waals surface area contributed by atoms with Gasteiger partial charge in [-0.2, -0.15) is 0 Å². The van der Waals surface area contributed by atoms with E-state index in [1.165, 1.54) is 6.07 Å². The number of aliphatic hydroxyl groups excluding tert-OH is 1. The van der Waals surface area contributed by atoms with E-state index in [1.807, 2.05) is 6.92 Å². The van der Waals surface area contributed by atoms with Gasteiger partial charge in [0.2, 0.25) is 0 Å². The van der Waals surface area contributed by atoms with Gasteiger partial charge in [0.1, 0.15) is 6.10 Å². The molecule has 0 aromatic heterocycles. The number of halogens is 1. The standard InChI is InChI=1S/C11H15FO2/c1-7-4-5-10(12)11(6-7)14-9(3)8(2)13/h4-6,8-9,13H,1-3H3/t8-,9?/m1/s1. The van der Waals surface area contributed by atoms with Gasteiger partial charge in [-0.25, -0.2) is 4.39 Å². The second kappa shape index (κ2) is 4.42. The molecule has 0 fully saturated rings. The van der Waals surface area contributed by atoms with Gasteiger partial charge in [0.15, 0.2) is 11.6 Å². The Bertz CT molecular complexity index is 310. The molecule has 1 N–H and O–H groups in total. The van der Waals surface area contributed by atoms with Crippen LogP contribution in [0, 0.1) is 12.7 Å². The van der Waals surface area contributed by atoms with Gasteiger partial charge in [0.05, 0.1) is 6.10 Å². The maximum atomic E-state index is 13.2. The molecular formula is C11H15FO2. The summed E-state index contributed by atoms with van der Waals surface area (Å²) in [5.41, 5.74) is 0.930. The maximum absolute atomic E-state index is 13.2. The van der Waals surface area contributed by atoms with Crippen LogP contribution in [0.3, 0.4) is 0 Å².